The summed E-state index contributed by atoms with van der Waals surface area (Å²) in [6.45, 7) is 3.64. The lowest BCUT2D eigenvalue weighted by molar-refractivity contribution is -0.117. The van der Waals surface area contributed by atoms with E-state index in [4.69, 9.17) is 11.6 Å². The third kappa shape index (κ3) is 3.15. The van der Waals surface area contributed by atoms with Crippen LogP contribution < -0.4 is 0 Å². The molecule has 1 unspecified atom stereocenters. The number of halogens is 1. The maximum absolute atomic E-state index is 10.8. The average molecular weight is 211 g/mol. The Kier molecular flexibility index (Phi) is 4.15. The van der Waals surface area contributed by atoms with Crippen molar-refractivity contribution in [1.29, 1.82) is 0 Å². The highest BCUT2D eigenvalue weighted by atomic mass is 35.5. The molecular formula is C12H15ClO. The molecule has 0 aliphatic heterocycles. The van der Waals surface area contributed by atoms with Gasteiger partial charge < -0.3 is 4.79 Å². The molecule has 0 spiro atoms. The number of rotatable bonds is 4. The van der Waals surface area contributed by atoms with Gasteiger partial charge in [0.15, 0.2) is 0 Å². The van der Waals surface area contributed by atoms with E-state index in [1.165, 1.54) is 5.56 Å². The Morgan fingerprint density at radius 2 is 2.07 bits per heavy atom. The molecule has 0 amide bonds. The Bertz CT molecular complexity index is 320. The van der Waals surface area contributed by atoms with Crippen LogP contribution in [0.5, 0.6) is 0 Å². The van der Waals surface area contributed by atoms with Crippen LogP contribution in [-0.2, 0) is 4.79 Å². The third-order valence-electron chi connectivity index (χ3n) is 2.28. The van der Waals surface area contributed by atoms with Crippen LogP contribution in [-0.4, -0.2) is 5.78 Å². The molecule has 0 radical (unpaired) electrons. The smallest absolute Gasteiger partial charge is 0.129 e. The minimum Gasteiger partial charge on any atom is -0.300 e. The van der Waals surface area contributed by atoms with Gasteiger partial charge in [-0.15, -0.1) is 11.6 Å². The molecular weight excluding hydrogens is 196 g/mol. The number of ketones is 1. The molecule has 0 aromatic heterocycles. The zero-order valence-corrected chi connectivity index (χ0v) is 9.34. The molecule has 0 bridgehead atoms. The van der Waals surface area contributed by atoms with Crippen molar-refractivity contribution in [3.8, 4) is 0 Å². The predicted octanol–water partition coefficient (Wildman–Crippen LogP) is 3.64. The van der Waals surface area contributed by atoms with E-state index in [0.717, 1.165) is 12.0 Å². The van der Waals surface area contributed by atoms with Crippen molar-refractivity contribution in [1.82, 2.24) is 0 Å². The van der Waals surface area contributed by atoms with Gasteiger partial charge in [-0.05, 0) is 31.4 Å². The number of hydrogen-bond donors (Lipinski definition) is 0. The summed E-state index contributed by atoms with van der Waals surface area (Å²) in [5.74, 6) is 0.198. The molecule has 0 fully saturated rings. The highest BCUT2D eigenvalue weighted by molar-refractivity contribution is 6.21. The minimum absolute atomic E-state index is 0.0416. The van der Waals surface area contributed by atoms with E-state index in [1.54, 1.807) is 6.92 Å². The van der Waals surface area contributed by atoms with Crippen LogP contribution in [0.4, 0.5) is 0 Å². The van der Waals surface area contributed by atoms with Crippen molar-refractivity contribution in [2.75, 3.05) is 0 Å². The Labute approximate surface area is 90.1 Å². The molecule has 1 rings (SSSR count). The zero-order chi connectivity index (χ0) is 10.6. The van der Waals surface area contributed by atoms with Crippen molar-refractivity contribution in [2.45, 2.75) is 32.1 Å². The van der Waals surface area contributed by atoms with Crippen molar-refractivity contribution >= 4 is 17.4 Å². The average Bonchev–Trinajstić information content (AvgIpc) is 2.15. The van der Waals surface area contributed by atoms with Crippen molar-refractivity contribution in [3.05, 3.63) is 35.4 Å². The van der Waals surface area contributed by atoms with Crippen LogP contribution in [0, 0.1) is 6.92 Å². The van der Waals surface area contributed by atoms with Crippen molar-refractivity contribution in [3.63, 3.8) is 0 Å². The molecule has 0 N–H and O–H groups in total. The lowest BCUT2D eigenvalue weighted by Crippen LogP contribution is -1.97. The first-order valence-corrected chi connectivity index (χ1v) is 5.24. The Hall–Kier alpha value is -0.820. The number of Topliss-reactive ketones (excluding diaryl/α,β-unsaturated/α-hetero) is 1. The second-order valence-corrected chi connectivity index (χ2v) is 4.09. The molecule has 0 saturated carbocycles. The molecule has 14 heavy (non-hydrogen) atoms. The summed E-state index contributed by atoms with van der Waals surface area (Å²) in [5, 5.41) is -0.0416. The SMILES string of the molecule is CC(=O)CCC(Cl)c1ccccc1C. The maximum Gasteiger partial charge on any atom is 0.129 e. The number of benzene rings is 1. The lowest BCUT2D eigenvalue weighted by atomic mass is 10.0. The van der Waals surface area contributed by atoms with Gasteiger partial charge in [-0.25, -0.2) is 0 Å². The fraction of sp³-hybridized carbons (Fsp3) is 0.417. The van der Waals surface area contributed by atoms with Gasteiger partial charge in [-0.3, -0.25) is 0 Å². The van der Waals surface area contributed by atoms with E-state index in [2.05, 4.69) is 0 Å². The second-order valence-electron chi connectivity index (χ2n) is 3.56. The number of aryl methyl sites for hydroxylation is 1. The number of hydrogen-bond acceptors (Lipinski definition) is 1. The Morgan fingerprint density at radius 3 is 2.64 bits per heavy atom. The maximum atomic E-state index is 10.8. The number of carbonyl (C=O) groups excluding carboxylic acids is 1. The molecule has 0 aliphatic carbocycles. The Morgan fingerprint density at radius 1 is 1.43 bits per heavy atom. The van der Waals surface area contributed by atoms with Gasteiger partial charge in [0, 0.05) is 6.42 Å². The Balaban J connectivity index is 2.65. The topological polar surface area (TPSA) is 17.1 Å². The number of alkyl halides is 1. The van der Waals surface area contributed by atoms with Crippen LogP contribution >= 0.6 is 11.6 Å². The first-order valence-electron chi connectivity index (χ1n) is 4.80. The van der Waals surface area contributed by atoms with Crippen LogP contribution in [0.25, 0.3) is 0 Å². The largest absolute Gasteiger partial charge is 0.300 e. The quantitative estimate of drug-likeness (QED) is 0.694. The molecule has 1 nitrogen and oxygen atoms in total. The highest BCUT2D eigenvalue weighted by Crippen LogP contribution is 2.27. The van der Waals surface area contributed by atoms with Crippen LogP contribution in [0.2, 0.25) is 0 Å². The zero-order valence-electron chi connectivity index (χ0n) is 8.59. The molecule has 0 aliphatic rings. The van der Waals surface area contributed by atoms with Crippen molar-refractivity contribution in [2.24, 2.45) is 0 Å². The lowest BCUT2D eigenvalue weighted by Gasteiger charge is -2.11. The normalized spacial score (nSPS) is 12.5. The van der Waals surface area contributed by atoms with E-state index >= 15 is 0 Å². The standard InChI is InChI=1S/C12H15ClO/c1-9-5-3-4-6-11(9)12(13)8-7-10(2)14/h3-6,12H,7-8H2,1-2H3. The second kappa shape index (κ2) is 5.16. The predicted molar refractivity (Wildman–Crippen MR) is 59.7 cm³/mol. The monoisotopic (exact) mass is 210 g/mol. The van der Waals surface area contributed by atoms with E-state index < -0.39 is 0 Å². The van der Waals surface area contributed by atoms with Gasteiger partial charge in [-0.2, -0.15) is 0 Å². The number of carbonyl (C=O) groups is 1. The van der Waals surface area contributed by atoms with Gasteiger partial charge >= 0.3 is 0 Å². The van der Waals surface area contributed by atoms with E-state index in [-0.39, 0.29) is 11.2 Å². The fourth-order valence-corrected chi connectivity index (χ4v) is 1.78. The van der Waals surface area contributed by atoms with Crippen LogP contribution in [0.15, 0.2) is 24.3 Å². The van der Waals surface area contributed by atoms with Gasteiger partial charge in [0.2, 0.25) is 0 Å². The molecule has 76 valence electrons. The van der Waals surface area contributed by atoms with E-state index in [0.29, 0.717) is 6.42 Å². The summed E-state index contributed by atoms with van der Waals surface area (Å²) in [4.78, 5) is 10.8. The molecule has 1 aromatic carbocycles. The van der Waals surface area contributed by atoms with E-state index in [9.17, 15) is 4.79 Å². The van der Waals surface area contributed by atoms with Gasteiger partial charge in [0.25, 0.3) is 0 Å². The summed E-state index contributed by atoms with van der Waals surface area (Å²) < 4.78 is 0. The first kappa shape index (κ1) is 11.3. The molecule has 1 atom stereocenters. The fourth-order valence-electron chi connectivity index (χ4n) is 1.42. The highest BCUT2D eigenvalue weighted by Gasteiger charge is 2.10. The summed E-state index contributed by atoms with van der Waals surface area (Å²) >= 11 is 6.20. The van der Waals surface area contributed by atoms with Gasteiger partial charge in [-0.1, -0.05) is 24.3 Å². The minimum atomic E-state index is -0.0416. The van der Waals surface area contributed by atoms with Crippen molar-refractivity contribution < 1.29 is 4.79 Å². The summed E-state index contributed by atoms with van der Waals surface area (Å²) in [7, 11) is 0. The van der Waals surface area contributed by atoms with Crippen LogP contribution in [0.3, 0.4) is 0 Å². The molecule has 2 heteroatoms. The molecule has 0 heterocycles. The molecule has 1 aromatic rings. The summed E-state index contributed by atoms with van der Waals surface area (Å²) in [6, 6.07) is 8.03. The summed E-state index contributed by atoms with van der Waals surface area (Å²) in [6.07, 6.45) is 1.28. The van der Waals surface area contributed by atoms with Crippen LogP contribution in [0.1, 0.15) is 36.3 Å². The summed E-state index contributed by atoms with van der Waals surface area (Å²) in [5.41, 5.74) is 2.33. The van der Waals surface area contributed by atoms with Gasteiger partial charge in [0.05, 0.1) is 5.38 Å². The van der Waals surface area contributed by atoms with Gasteiger partial charge in [0.1, 0.15) is 5.78 Å². The third-order valence-corrected chi connectivity index (χ3v) is 2.73. The molecule has 0 saturated heterocycles. The first-order chi connectivity index (χ1) is 6.61. The van der Waals surface area contributed by atoms with E-state index in [1.807, 2.05) is 31.2 Å².